The highest BCUT2D eigenvalue weighted by molar-refractivity contribution is 7.98. The SMILES string of the molecule is Cc1cc(CSc2ccccc2)cc2c1N[C@H](c1ccc(C(=O)O)cc1)[C@H]1CC=C[C@@H]21. The first-order valence-corrected chi connectivity index (χ1v) is 11.7. The van der Waals surface area contributed by atoms with Crippen LogP contribution in [-0.4, -0.2) is 11.1 Å². The van der Waals surface area contributed by atoms with Crippen molar-refractivity contribution in [3.63, 3.8) is 0 Å². The van der Waals surface area contributed by atoms with E-state index in [-0.39, 0.29) is 6.04 Å². The first-order chi connectivity index (χ1) is 15.1. The number of fused-ring (bicyclic) bond motifs is 3. The molecule has 1 aliphatic carbocycles. The van der Waals surface area contributed by atoms with Crippen LogP contribution in [0.3, 0.4) is 0 Å². The summed E-state index contributed by atoms with van der Waals surface area (Å²) in [4.78, 5) is 12.5. The molecule has 0 unspecified atom stereocenters. The Hall–Kier alpha value is -2.98. The van der Waals surface area contributed by atoms with Crippen molar-refractivity contribution in [3.8, 4) is 0 Å². The number of nitrogens with one attached hydrogen (secondary N) is 1. The molecule has 156 valence electrons. The van der Waals surface area contributed by atoms with E-state index >= 15 is 0 Å². The molecule has 0 fully saturated rings. The zero-order valence-electron chi connectivity index (χ0n) is 17.4. The molecule has 0 saturated carbocycles. The van der Waals surface area contributed by atoms with Gasteiger partial charge in [-0.15, -0.1) is 11.8 Å². The second kappa shape index (κ2) is 8.27. The Labute approximate surface area is 187 Å². The first kappa shape index (κ1) is 20.0. The van der Waals surface area contributed by atoms with Gasteiger partial charge in [0.05, 0.1) is 11.6 Å². The summed E-state index contributed by atoms with van der Waals surface area (Å²) in [5.74, 6) is 0.908. The van der Waals surface area contributed by atoms with E-state index in [1.807, 2.05) is 23.9 Å². The molecule has 1 aliphatic heterocycles. The summed E-state index contributed by atoms with van der Waals surface area (Å²) in [5, 5.41) is 13.0. The van der Waals surface area contributed by atoms with Crippen molar-refractivity contribution in [3.05, 3.63) is 107 Å². The molecule has 2 aliphatic rings. The molecule has 4 heteroatoms. The van der Waals surface area contributed by atoms with Crippen LogP contribution in [0.4, 0.5) is 5.69 Å². The number of anilines is 1. The lowest BCUT2D eigenvalue weighted by Gasteiger charge is -2.38. The number of aromatic carboxylic acids is 1. The fourth-order valence-corrected chi connectivity index (χ4v) is 5.74. The molecule has 3 aromatic rings. The number of hydrogen-bond acceptors (Lipinski definition) is 3. The number of aryl methyl sites for hydroxylation is 1. The van der Waals surface area contributed by atoms with Gasteiger partial charge in [0.1, 0.15) is 0 Å². The number of allylic oxidation sites excluding steroid dienone is 2. The summed E-state index contributed by atoms with van der Waals surface area (Å²) >= 11 is 1.87. The van der Waals surface area contributed by atoms with E-state index in [2.05, 4.69) is 66.9 Å². The second-order valence-electron chi connectivity index (χ2n) is 8.38. The van der Waals surface area contributed by atoms with E-state index in [1.54, 1.807) is 12.1 Å². The Kier molecular flexibility index (Phi) is 5.33. The summed E-state index contributed by atoms with van der Waals surface area (Å²) in [6, 6.07) is 22.7. The molecule has 0 bridgehead atoms. The van der Waals surface area contributed by atoms with Gasteiger partial charge < -0.3 is 10.4 Å². The Balaban J connectivity index is 1.44. The highest BCUT2D eigenvalue weighted by Crippen LogP contribution is 2.51. The van der Waals surface area contributed by atoms with Gasteiger partial charge in [-0.2, -0.15) is 0 Å². The quantitative estimate of drug-likeness (QED) is 0.347. The second-order valence-corrected chi connectivity index (χ2v) is 9.43. The summed E-state index contributed by atoms with van der Waals surface area (Å²) < 4.78 is 0. The third-order valence-electron chi connectivity index (χ3n) is 6.39. The lowest BCUT2D eigenvalue weighted by atomic mass is 9.76. The summed E-state index contributed by atoms with van der Waals surface area (Å²) in [6.07, 6.45) is 5.69. The van der Waals surface area contributed by atoms with Gasteiger partial charge in [0.15, 0.2) is 0 Å². The van der Waals surface area contributed by atoms with Crippen LogP contribution in [-0.2, 0) is 5.75 Å². The monoisotopic (exact) mass is 427 g/mol. The molecule has 3 aromatic carbocycles. The molecule has 0 saturated heterocycles. The molecule has 31 heavy (non-hydrogen) atoms. The number of thioether (sulfide) groups is 1. The smallest absolute Gasteiger partial charge is 0.335 e. The molecule has 0 aromatic heterocycles. The lowest BCUT2D eigenvalue weighted by molar-refractivity contribution is 0.0697. The van der Waals surface area contributed by atoms with Gasteiger partial charge in [-0.25, -0.2) is 4.79 Å². The van der Waals surface area contributed by atoms with Crippen molar-refractivity contribution >= 4 is 23.4 Å². The maximum Gasteiger partial charge on any atom is 0.335 e. The molecular weight excluding hydrogens is 402 g/mol. The first-order valence-electron chi connectivity index (χ1n) is 10.7. The van der Waals surface area contributed by atoms with Crippen molar-refractivity contribution in [1.29, 1.82) is 0 Å². The zero-order valence-corrected chi connectivity index (χ0v) is 18.2. The predicted octanol–water partition coefficient (Wildman–Crippen LogP) is 6.81. The molecule has 2 N–H and O–H groups in total. The third-order valence-corrected chi connectivity index (χ3v) is 7.47. The Bertz CT molecular complexity index is 1140. The van der Waals surface area contributed by atoms with Crippen LogP contribution in [0.5, 0.6) is 0 Å². The van der Waals surface area contributed by atoms with Crippen LogP contribution in [0.2, 0.25) is 0 Å². The lowest BCUT2D eigenvalue weighted by Crippen LogP contribution is -2.29. The van der Waals surface area contributed by atoms with Crippen molar-refractivity contribution in [1.82, 2.24) is 0 Å². The maximum atomic E-state index is 11.2. The minimum absolute atomic E-state index is 0.179. The average molecular weight is 428 g/mol. The predicted molar refractivity (Wildman–Crippen MR) is 127 cm³/mol. The standard InChI is InChI=1S/C27H25NO2S/c1-17-14-18(16-31-21-6-3-2-4-7-21)15-24-22-8-5-9-23(22)26(28-25(17)24)19-10-12-20(13-11-19)27(29)30/h2-8,10-15,22-23,26,28H,9,16H2,1H3,(H,29,30)/t22-,23+,26-/m1/s1. The molecule has 0 spiro atoms. The Morgan fingerprint density at radius 3 is 2.61 bits per heavy atom. The van der Waals surface area contributed by atoms with Crippen LogP contribution in [0.25, 0.3) is 0 Å². The van der Waals surface area contributed by atoms with E-state index in [4.69, 9.17) is 0 Å². The van der Waals surface area contributed by atoms with Crippen LogP contribution in [0, 0.1) is 12.8 Å². The molecule has 1 heterocycles. The van der Waals surface area contributed by atoms with Crippen molar-refractivity contribution in [2.24, 2.45) is 5.92 Å². The van der Waals surface area contributed by atoms with E-state index in [9.17, 15) is 9.90 Å². The summed E-state index contributed by atoms with van der Waals surface area (Å²) in [5.41, 5.74) is 6.73. The average Bonchev–Trinajstić information content (AvgIpc) is 3.28. The minimum atomic E-state index is -0.884. The van der Waals surface area contributed by atoms with Gasteiger partial charge in [-0.1, -0.05) is 54.6 Å². The molecule has 3 nitrogen and oxygen atoms in total. The highest BCUT2D eigenvalue weighted by atomic mass is 32.2. The van der Waals surface area contributed by atoms with Crippen molar-refractivity contribution in [2.75, 3.05) is 5.32 Å². The van der Waals surface area contributed by atoms with Gasteiger partial charge in [0.25, 0.3) is 0 Å². The van der Waals surface area contributed by atoms with Gasteiger partial charge in [-0.3, -0.25) is 0 Å². The van der Waals surface area contributed by atoms with E-state index < -0.39 is 5.97 Å². The number of carboxylic acids is 1. The van der Waals surface area contributed by atoms with E-state index in [1.165, 1.54) is 27.3 Å². The Morgan fingerprint density at radius 1 is 1.10 bits per heavy atom. The summed E-state index contributed by atoms with van der Waals surface area (Å²) in [7, 11) is 0. The number of carbonyl (C=O) groups is 1. The third kappa shape index (κ3) is 3.88. The molecule has 5 rings (SSSR count). The molecule has 0 amide bonds. The zero-order chi connectivity index (χ0) is 21.4. The molecular formula is C27H25NO2S. The minimum Gasteiger partial charge on any atom is -0.478 e. The van der Waals surface area contributed by atoms with Gasteiger partial charge in [0.2, 0.25) is 0 Å². The van der Waals surface area contributed by atoms with Crippen molar-refractivity contribution < 1.29 is 9.90 Å². The van der Waals surface area contributed by atoms with Crippen LogP contribution >= 0.6 is 11.8 Å². The number of rotatable bonds is 5. The highest BCUT2D eigenvalue weighted by Gasteiger charge is 2.38. The maximum absolute atomic E-state index is 11.2. The normalized spacial score (nSPS) is 21.3. The molecule has 3 atom stereocenters. The van der Waals surface area contributed by atoms with Crippen LogP contribution in [0.15, 0.2) is 83.8 Å². The van der Waals surface area contributed by atoms with Crippen molar-refractivity contribution in [2.45, 2.75) is 36.0 Å². The van der Waals surface area contributed by atoms with Crippen LogP contribution in [0.1, 0.15) is 51.0 Å². The largest absolute Gasteiger partial charge is 0.478 e. The number of benzene rings is 3. The Morgan fingerprint density at radius 2 is 1.87 bits per heavy atom. The fourth-order valence-electron chi connectivity index (χ4n) is 4.89. The van der Waals surface area contributed by atoms with E-state index in [0.29, 0.717) is 17.4 Å². The van der Waals surface area contributed by atoms with E-state index in [0.717, 1.165) is 17.7 Å². The van der Waals surface area contributed by atoms with Crippen LogP contribution < -0.4 is 5.32 Å². The number of hydrogen-bond donors (Lipinski definition) is 2. The summed E-state index contributed by atoms with van der Waals surface area (Å²) in [6.45, 7) is 2.19. The van der Waals surface area contributed by atoms with Gasteiger partial charge in [-0.05, 0) is 65.8 Å². The topological polar surface area (TPSA) is 49.3 Å². The number of carboxylic acid groups (broad SMARTS) is 1. The van der Waals surface area contributed by atoms with Gasteiger partial charge in [0, 0.05) is 22.3 Å². The van der Waals surface area contributed by atoms with Gasteiger partial charge >= 0.3 is 5.97 Å². The fraction of sp³-hybridized carbons (Fsp3) is 0.222. The molecule has 0 radical (unpaired) electrons.